The molecule has 2 aromatic rings. The number of H-pyrrole nitrogens is 1. The molecule has 0 radical (unpaired) electrons. The summed E-state index contributed by atoms with van der Waals surface area (Å²) in [5.41, 5.74) is 1.64. The third-order valence-electron chi connectivity index (χ3n) is 6.80. The highest BCUT2D eigenvalue weighted by atomic mass is 16.5. The molecule has 4 aliphatic carbocycles. The van der Waals surface area contributed by atoms with Crippen LogP contribution in [0.1, 0.15) is 55.8 Å². The van der Waals surface area contributed by atoms with Crippen LogP contribution in [-0.4, -0.2) is 39.3 Å². The fourth-order valence-electron chi connectivity index (χ4n) is 5.97. The van der Waals surface area contributed by atoms with Crippen molar-refractivity contribution < 1.29 is 14.6 Å². The Morgan fingerprint density at radius 2 is 2.15 bits per heavy atom. The Morgan fingerprint density at radius 3 is 2.85 bits per heavy atom. The van der Waals surface area contributed by atoms with Crippen LogP contribution in [0.5, 0.6) is 0 Å². The van der Waals surface area contributed by atoms with Crippen LogP contribution in [0.4, 0.5) is 5.69 Å². The minimum atomic E-state index is -0.459. The summed E-state index contributed by atoms with van der Waals surface area (Å²) < 4.78 is 5.40. The zero-order valence-corrected chi connectivity index (χ0v) is 15.7. The largest absolute Gasteiger partial charge is 0.462 e. The number of aliphatic hydroxyl groups is 1. The summed E-state index contributed by atoms with van der Waals surface area (Å²) in [4.78, 5) is 20.2. The van der Waals surface area contributed by atoms with Crippen molar-refractivity contribution in [2.24, 2.45) is 17.8 Å². The van der Waals surface area contributed by atoms with Gasteiger partial charge in [0.15, 0.2) is 0 Å². The first-order valence-electron chi connectivity index (χ1n) is 10.2. The summed E-state index contributed by atoms with van der Waals surface area (Å²) in [5.74, 6) is 1.26. The average Bonchev–Trinajstić information content (AvgIpc) is 3.10. The van der Waals surface area contributed by atoms with Crippen LogP contribution in [-0.2, 0) is 4.74 Å². The molecule has 4 saturated carbocycles. The standard InChI is InChI=1S/C21H27N3O3/c1-2-5-27-20(25)16-11-23-19-15(3-4-22-19)18(16)24-17-13-6-12-7-14(17)10-21(26,8-12)9-13/h3-4,11-14,17,26H,2,5-10H2,1H3,(H2,22,23,24). The number of aromatic nitrogens is 2. The topological polar surface area (TPSA) is 87.2 Å². The predicted octanol–water partition coefficient (Wildman–Crippen LogP) is 3.48. The third-order valence-corrected chi connectivity index (χ3v) is 6.80. The number of nitrogens with one attached hydrogen (secondary N) is 2. The van der Waals surface area contributed by atoms with E-state index in [-0.39, 0.29) is 5.97 Å². The number of rotatable bonds is 5. The Bertz CT molecular complexity index is 861. The van der Waals surface area contributed by atoms with Gasteiger partial charge >= 0.3 is 5.97 Å². The molecule has 0 spiro atoms. The SMILES string of the molecule is CCCOC(=O)c1cnc2[nH]ccc2c1NC1C2CC3CC1CC(O)(C3)C2. The van der Waals surface area contributed by atoms with E-state index in [4.69, 9.17) is 4.74 Å². The summed E-state index contributed by atoms with van der Waals surface area (Å²) in [6.45, 7) is 2.39. The van der Waals surface area contributed by atoms with Crippen molar-refractivity contribution in [2.75, 3.05) is 11.9 Å². The number of esters is 1. The van der Waals surface area contributed by atoms with Crippen LogP contribution in [0.2, 0.25) is 0 Å². The molecule has 6 heteroatoms. The van der Waals surface area contributed by atoms with Gasteiger partial charge in [-0.05, 0) is 62.3 Å². The minimum absolute atomic E-state index is 0.292. The van der Waals surface area contributed by atoms with Crippen molar-refractivity contribution in [1.82, 2.24) is 9.97 Å². The lowest BCUT2D eigenvalue weighted by molar-refractivity contribution is -0.129. The number of ether oxygens (including phenoxy) is 1. The Morgan fingerprint density at radius 1 is 1.37 bits per heavy atom. The van der Waals surface area contributed by atoms with Crippen LogP contribution in [0.25, 0.3) is 11.0 Å². The fraction of sp³-hybridized carbons (Fsp3) is 0.619. The number of fused-ring (bicyclic) bond motifs is 1. The molecule has 0 amide bonds. The van der Waals surface area contributed by atoms with E-state index in [2.05, 4.69) is 15.3 Å². The summed E-state index contributed by atoms with van der Waals surface area (Å²) in [5, 5.41) is 15.5. The number of aromatic amines is 1. The van der Waals surface area contributed by atoms with Gasteiger partial charge in [0.2, 0.25) is 0 Å². The van der Waals surface area contributed by atoms with Gasteiger partial charge in [-0.1, -0.05) is 6.92 Å². The summed E-state index contributed by atoms with van der Waals surface area (Å²) >= 11 is 0. The minimum Gasteiger partial charge on any atom is -0.462 e. The van der Waals surface area contributed by atoms with Crippen molar-refractivity contribution in [1.29, 1.82) is 0 Å². The molecule has 4 bridgehead atoms. The smallest absolute Gasteiger partial charge is 0.341 e. The second-order valence-electron chi connectivity index (χ2n) is 8.79. The first-order valence-corrected chi connectivity index (χ1v) is 10.2. The van der Waals surface area contributed by atoms with E-state index >= 15 is 0 Å². The number of anilines is 1. The molecule has 6 rings (SSSR count). The van der Waals surface area contributed by atoms with Gasteiger partial charge in [-0.25, -0.2) is 9.78 Å². The van der Waals surface area contributed by atoms with E-state index < -0.39 is 5.60 Å². The van der Waals surface area contributed by atoms with Gasteiger partial charge in [0.05, 0.1) is 17.9 Å². The van der Waals surface area contributed by atoms with E-state index in [9.17, 15) is 9.90 Å². The van der Waals surface area contributed by atoms with Gasteiger partial charge in [-0.15, -0.1) is 0 Å². The Labute approximate surface area is 158 Å². The average molecular weight is 369 g/mol. The van der Waals surface area contributed by atoms with Crippen molar-refractivity contribution >= 4 is 22.7 Å². The van der Waals surface area contributed by atoms with Gasteiger partial charge in [0.25, 0.3) is 0 Å². The van der Waals surface area contributed by atoms with Crippen molar-refractivity contribution in [3.63, 3.8) is 0 Å². The third kappa shape index (κ3) is 2.81. The Hall–Kier alpha value is -2.08. The molecule has 4 fully saturated rings. The van der Waals surface area contributed by atoms with E-state index in [1.54, 1.807) is 6.20 Å². The molecular formula is C21H27N3O3. The van der Waals surface area contributed by atoms with Crippen LogP contribution >= 0.6 is 0 Å². The number of nitrogens with zero attached hydrogens (tertiary/aromatic N) is 1. The number of carbonyl (C=O) groups excluding carboxylic acids is 1. The van der Waals surface area contributed by atoms with E-state index in [1.807, 2.05) is 19.2 Å². The van der Waals surface area contributed by atoms with Crippen LogP contribution < -0.4 is 5.32 Å². The monoisotopic (exact) mass is 369 g/mol. The molecule has 0 aliphatic heterocycles. The molecule has 144 valence electrons. The number of carbonyl (C=O) groups is 1. The molecule has 2 heterocycles. The van der Waals surface area contributed by atoms with Gasteiger partial charge in [-0.2, -0.15) is 0 Å². The lowest BCUT2D eigenvalue weighted by Gasteiger charge is -2.58. The molecular weight excluding hydrogens is 342 g/mol. The molecule has 4 aliphatic rings. The molecule has 2 unspecified atom stereocenters. The lowest BCUT2D eigenvalue weighted by Crippen LogP contribution is -2.59. The summed E-state index contributed by atoms with van der Waals surface area (Å²) in [6.07, 6.45) is 9.32. The maximum atomic E-state index is 12.6. The van der Waals surface area contributed by atoms with Crippen LogP contribution in [0, 0.1) is 17.8 Å². The highest BCUT2D eigenvalue weighted by molar-refractivity contribution is 6.04. The van der Waals surface area contributed by atoms with Gasteiger partial charge < -0.3 is 20.1 Å². The predicted molar refractivity (Wildman–Crippen MR) is 103 cm³/mol. The fourth-order valence-corrected chi connectivity index (χ4v) is 5.97. The maximum Gasteiger partial charge on any atom is 0.341 e. The molecule has 0 aromatic carbocycles. The first kappa shape index (κ1) is 17.0. The van der Waals surface area contributed by atoms with E-state index in [0.717, 1.165) is 42.4 Å². The Balaban J connectivity index is 1.49. The van der Waals surface area contributed by atoms with Gasteiger partial charge in [-0.3, -0.25) is 0 Å². The molecule has 0 saturated heterocycles. The quantitative estimate of drug-likeness (QED) is 0.703. The summed E-state index contributed by atoms with van der Waals surface area (Å²) in [6, 6.07) is 2.25. The maximum absolute atomic E-state index is 12.6. The summed E-state index contributed by atoms with van der Waals surface area (Å²) in [7, 11) is 0. The lowest BCUT2D eigenvalue weighted by atomic mass is 9.52. The molecule has 6 nitrogen and oxygen atoms in total. The number of hydrogen-bond acceptors (Lipinski definition) is 5. The van der Waals surface area contributed by atoms with E-state index in [0.29, 0.717) is 36.0 Å². The van der Waals surface area contributed by atoms with Crippen molar-refractivity contribution in [2.45, 2.75) is 57.1 Å². The zero-order chi connectivity index (χ0) is 18.6. The van der Waals surface area contributed by atoms with Crippen LogP contribution in [0.3, 0.4) is 0 Å². The second-order valence-corrected chi connectivity index (χ2v) is 8.79. The first-order chi connectivity index (χ1) is 13.1. The molecule has 27 heavy (non-hydrogen) atoms. The van der Waals surface area contributed by atoms with Gasteiger partial charge in [0, 0.05) is 23.8 Å². The second kappa shape index (κ2) is 6.23. The highest BCUT2D eigenvalue weighted by Crippen LogP contribution is 2.56. The Kier molecular flexibility index (Phi) is 3.93. The molecule has 2 aromatic heterocycles. The zero-order valence-electron chi connectivity index (χ0n) is 15.7. The van der Waals surface area contributed by atoms with Crippen LogP contribution in [0.15, 0.2) is 18.5 Å². The molecule has 2 atom stereocenters. The normalized spacial score (nSPS) is 34.1. The van der Waals surface area contributed by atoms with Crippen molar-refractivity contribution in [3.8, 4) is 0 Å². The van der Waals surface area contributed by atoms with Crippen molar-refractivity contribution in [3.05, 3.63) is 24.0 Å². The van der Waals surface area contributed by atoms with Gasteiger partial charge in [0.1, 0.15) is 11.2 Å². The number of hydrogen-bond donors (Lipinski definition) is 3. The van der Waals surface area contributed by atoms with E-state index in [1.165, 1.54) is 12.8 Å². The highest BCUT2D eigenvalue weighted by Gasteiger charge is 2.54. The number of pyridine rings is 1. The molecule has 3 N–H and O–H groups in total.